The summed E-state index contributed by atoms with van der Waals surface area (Å²) in [7, 11) is 1.92. The minimum absolute atomic E-state index is 0.269. The molecule has 1 aromatic carbocycles. The van der Waals surface area contributed by atoms with Crippen molar-refractivity contribution in [3.63, 3.8) is 0 Å². The maximum atomic E-state index is 11.8. The van der Waals surface area contributed by atoms with E-state index in [0.29, 0.717) is 12.2 Å². The van der Waals surface area contributed by atoms with Crippen LogP contribution >= 0.6 is 0 Å². The fourth-order valence-electron chi connectivity index (χ4n) is 1.81. The topological polar surface area (TPSA) is 30.2 Å². The minimum atomic E-state index is -0.269. The Labute approximate surface area is 94.3 Å². The van der Waals surface area contributed by atoms with Crippen LogP contribution in [0.15, 0.2) is 36.5 Å². The van der Waals surface area contributed by atoms with Gasteiger partial charge in [-0.25, -0.2) is 9.36 Å². The van der Waals surface area contributed by atoms with Crippen molar-refractivity contribution < 1.29 is 14.1 Å². The Morgan fingerprint density at radius 3 is 2.81 bits per heavy atom. The van der Waals surface area contributed by atoms with Crippen molar-refractivity contribution in [2.75, 3.05) is 6.61 Å². The van der Waals surface area contributed by atoms with Gasteiger partial charge in [-0.2, -0.15) is 0 Å². The van der Waals surface area contributed by atoms with E-state index in [1.807, 2.05) is 49.0 Å². The van der Waals surface area contributed by atoms with Gasteiger partial charge in [-0.1, -0.05) is 6.07 Å². The lowest BCUT2D eigenvalue weighted by Crippen LogP contribution is -2.30. The molecule has 0 unspecified atom stereocenters. The van der Waals surface area contributed by atoms with Crippen molar-refractivity contribution >= 4 is 16.9 Å². The third kappa shape index (κ3) is 1.76. The second-order valence-corrected chi connectivity index (χ2v) is 3.58. The van der Waals surface area contributed by atoms with E-state index in [1.165, 1.54) is 0 Å². The average Bonchev–Trinajstić information content (AvgIpc) is 2.29. The van der Waals surface area contributed by atoms with Crippen molar-refractivity contribution in [2.45, 2.75) is 6.92 Å². The van der Waals surface area contributed by atoms with Gasteiger partial charge in [-0.15, -0.1) is 0 Å². The van der Waals surface area contributed by atoms with Crippen molar-refractivity contribution in [2.24, 2.45) is 7.05 Å². The number of nitrogens with zero attached hydrogens (tertiary/aromatic N) is 1. The fourth-order valence-corrected chi connectivity index (χ4v) is 1.81. The third-order valence-electron chi connectivity index (χ3n) is 2.50. The Balaban J connectivity index is 2.65. The Bertz CT molecular complexity index is 529. The van der Waals surface area contributed by atoms with E-state index < -0.39 is 0 Å². The number of fused-ring (bicyclic) bond motifs is 1. The quantitative estimate of drug-likeness (QED) is 0.566. The van der Waals surface area contributed by atoms with E-state index in [4.69, 9.17) is 4.74 Å². The largest absolute Gasteiger partial charge is 0.462 e. The van der Waals surface area contributed by atoms with Crippen molar-refractivity contribution in [1.82, 2.24) is 0 Å². The van der Waals surface area contributed by atoms with E-state index in [-0.39, 0.29) is 5.97 Å². The first-order valence-electron chi connectivity index (χ1n) is 5.28. The molecule has 0 N–H and O–H groups in total. The highest BCUT2D eigenvalue weighted by atomic mass is 16.5. The Morgan fingerprint density at radius 2 is 2.06 bits per heavy atom. The van der Waals surface area contributed by atoms with Gasteiger partial charge in [0.15, 0.2) is 6.20 Å². The Hall–Kier alpha value is -1.90. The van der Waals surface area contributed by atoms with Crippen LogP contribution in [0.4, 0.5) is 0 Å². The number of esters is 1. The van der Waals surface area contributed by atoms with Crippen molar-refractivity contribution in [1.29, 1.82) is 0 Å². The zero-order valence-electron chi connectivity index (χ0n) is 9.43. The number of para-hydroxylation sites is 1. The predicted octanol–water partition coefficient (Wildman–Crippen LogP) is 1.84. The molecule has 0 saturated carbocycles. The summed E-state index contributed by atoms with van der Waals surface area (Å²) >= 11 is 0. The molecule has 0 bridgehead atoms. The molecule has 0 spiro atoms. The van der Waals surface area contributed by atoms with E-state index in [0.717, 1.165) is 10.9 Å². The second-order valence-electron chi connectivity index (χ2n) is 3.58. The number of benzene rings is 1. The van der Waals surface area contributed by atoms with Crippen LogP contribution in [0.3, 0.4) is 0 Å². The third-order valence-corrected chi connectivity index (χ3v) is 2.50. The number of carbonyl (C=O) groups excluding carboxylic acids is 1. The molecule has 0 saturated heterocycles. The minimum Gasteiger partial charge on any atom is -0.462 e. The molecule has 0 radical (unpaired) electrons. The number of hydrogen-bond acceptors (Lipinski definition) is 2. The van der Waals surface area contributed by atoms with E-state index in [1.54, 1.807) is 6.07 Å². The molecule has 0 fully saturated rings. The summed E-state index contributed by atoms with van der Waals surface area (Å²) in [5.41, 5.74) is 1.52. The number of pyridine rings is 1. The molecule has 3 heteroatoms. The summed E-state index contributed by atoms with van der Waals surface area (Å²) in [5, 5.41) is 1.04. The summed E-state index contributed by atoms with van der Waals surface area (Å²) < 4.78 is 6.97. The van der Waals surface area contributed by atoms with Crippen LogP contribution in [0, 0.1) is 0 Å². The fraction of sp³-hybridized carbons (Fsp3) is 0.231. The summed E-state index contributed by atoms with van der Waals surface area (Å²) in [6.07, 6.45) is 1.92. The monoisotopic (exact) mass is 216 g/mol. The normalized spacial score (nSPS) is 10.4. The molecule has 82 valence electrons. The number of aromatic nitrogens is 1. The molecule has 2 rings (SSSR count). The first kappa shape index (κ1) is 10.6. The van der Waals surface area contributed by atoms with Gasteiger partial charge in [-0.05, 0) is 25.1 Å². The van der Waals surface area contributed by atoms with Crippen LogP contribution in [-0.4, -0.2) is 12.6 Å². The van der Waals surface area contributed by atoms with Gasteiger partial charge in [0.1, 0.15) is 12.6 Å². The zero-order valence-corrected chi connectivity index (χ0v) is 9.43. The molecule has 1 heterocycles. The maximum Gasteiger partial charge on any atom is 0.344 e. The summed E-state index contributed by atoms with van der Waals surface area (Å²) in [6, 6.07) is 9.59. The smallest absolute Gasteiger partial charge is 0.344 e. The number of aryl methyl sites for hydroxylation is 1. The standard InChI is InChI=1S/C13H14NO2/c1-3-16-13(15)11-8-4-6-10-7-5-9-14(2)12(10)11/h4-9H,3H2,1-2H3/q+1. The van der Waals surface area contributed by atoms with E-state index in [2.05, 4.69) is 0 Å². The van der Waals surface area contributed by atoms with Gasteiger partial charge in [0.05, 0.1) is 6.61 Å². The van der Waals surface area contributed by atoms with Gasteiger partial charge in [0.2, 0.25) is 5.52 Å². The van der Waals surface area contributed by atoms with Crippen molar-refractivity contribution in [3.8, 4) is 0 Å². The molecule has 0 amide bonds. The lowest BCUT2D eigenvalue weighted by Gasteiger charge is -2.03. The summed E-state index contributed by atoms with van der Waals surface area (Å²) in [4.78, 5) is 11.8. The van der Waals surface area contributed by atoms with Crippen LogP contribution in [0.1, 0.15) is 17.3 Å². The average molecular weight is 216 g/mol. The zero-order chi connectivity index (χ0) is 11.5. The molecule has 0 aliphatic heterocycles. The highest BCUT2D eigenvalue weighted by Gasteiger charge is 2.17. The van der Waals surface area contributed by atoms with Gasteiger partial charge in [-0.3, -0.25) is 0 Å². The van der Waals surface area contributed by atoms with Crippen LogP contribution < -0.4 is 4.57 Å². The Kier molecular flexibility index (Phi) is 2.86. The highest BCUT2D eigenvalue weighted by Crippen LogP contribution is 2.15. The Morgan fingerprint density at radius 1 is 1.31 bits per heavy atom. The number of hydrogen-bond donors (Lipinski definition) is 0. The molecule has 0 aliphatic rings. The second kappa shape index (κ2) is 4.31. The van der Waals surface area contributed by atoms with Crippen LogP contribution in [0.2, 0.25) is 0 Å². The molecular formula is C13H14NO2+. The first-order valence-corrected chi connectivity index (χ1v) is 5.28. The number of ether oxygens (including phenoxy) is 1. The lowest BCUT2D eigenvalue weighted by molar-refractivity contribution is -0.645. The van der Waals surface area contributed by atoms with E-state index in [9.17, 15) is 4.79 Å². The van der Waals surface area contributed by atoms with Gasteiger partial charge in [0, 0.05) is 11.5 Å². The van der Waals surface area contributed by atoms with Crippen LogP contribution in [0.5, 0.6) is 0 Å². The molecule has 3 nitrogen and oxygen atoms in total. The van der Waals surface area contributed by atoms with Crippen molar-refractivity contribution in [3.05, 3.63) is 42.1 Å². The molecule has 1 aromatic heterocycles. The van der Waals surface area contributed by atoms with Gasteiger partial charge >= 0.3 is 5.97 Å². The van der Waals surface area contributed by atoms with Crippen LogP contribution in [0.25, 0.3) is 10.9 Å². The lowest BCUT2D eigenvalue weighted by atomic mass is 10.1. The molecule has 0 atom stereocenters. The number of rotatable bonds is 2. The molecule has 0 aliphatic carbocycles. The summed E-state index contributed by atoms with van der Waals surface area (Å²) in [5.74, 6) is -0.269. The molecule has 2 aromatic rings. The maximum absolute atomic E-state index is 11.8. The highest BCUT2D eigenvalue weighted by molar-refractivity contribution is 6.01. The molecule has 16 heavy (non-hydrogen) atoms. The van der Waals surface area contributed by atoms with E-state index >= 15 is 0 Å². The number of carbonyl (C=O) groups is 1. The summed E-state index contributed by atoms with van der Waals surface area (Å²) in [6.45, 7) is 2.20. The molecular weight excluding hydrogens is 202 g/mol. The van der Waals surface area contributed by atoms with Crippen LogP contribution in [-0.2, 0) is 11.8 Å². The van der Waals surface area contributed by atoms with Gasteiger partial charge in [0.25, 0.3) is 0 Å². The van der Waals surface area contributed by atoms with Gasteiger partial charge < -0.3 is 4.74 Å². The first-order chi connectivity index (χ1) is 7.74. The predicted molar refractivity (Wildman–Crippen MR) is 61.1 cm³/mol. The SMILES string of the molecule is CCOC(=O)c1cccc2ccc[n+](C)c12.